The molecule has 0 saturated heterocycles. The Morgan fingerprint density at radius 2 is 2.12 bits per heavy atom. The van der Waals surface area contributed by atoms with Gasteiger partial charge in [0.15, 0.2) is 12.4 Å². The second-order valence-corrected chi connectivity index (χ2v) is 6.80. The van der Waals surface area contributed by atoms with E-state index >= 15 is 0 Å². The molecule has 2 N–H and O–H groups in total. The molecule has 0 unspecified atom stereocenters. The van der Waals surface area contributed by atoms with Gasteiger partial charge in [-0.2, -0.15) is 0 Å². The first-order chi connectivity index (χ1) is 12.0. The zero-order chi connectivity index (χ0) is 18.0. The maximum atomic E-state index is 12.0. The number of aromatic nitrogens is 3. The van der Waals surface area contributed by atoms with E-state index < -0.39 is 0 Å². The fraction of sp³-hybridized carbons (Fsp3) is 0.438. The maximum Gasteiger partial charge on any atom is 0.258 e. The molecule has 25 heavy (non-hydrogen) atoms. The Balaban J connectivity index is 1.44. The van der Waals surface area contributed by atoms with Gasteiger partial charge in [0.05, 0.1) is 10.0 Å². The van der Waals surface area contributed by atoms with Crippen molar-refractivity contribution in [2.45, 2.75) is 31.4 Å². The van der Waals surface area contributed by atoms with E-state index in [-0.39, 0.29) is 31.1 Å². The molecule has 7 nitrogen and oxygen atoms in total. The number of hydrogen-bond acceptors (Lipinski definition) is 5. The van der Waals surface area contributed by atoms with Crippen LogP contribution in [0.1, 0.15) is 30.4 Å². The number of ether oxygens (including phenoxy) is 1. The Hall–Kier alpha value is -1.83. The quantitative estimate of drug-likeness (QED) is 0.795. The number of carbonyl (C=O) groups is 1. The van der Waals surface area contributed by atoms with Crippen LogP contribution in [0.15, 0.2) is 18.2 Å². The van der Waals surface area contributed by atoms with Crippen molar-refractivity contribution in [3.8, 4) is 5.75 Å². The molecule has 0 atom stereocenters. The van der Waals surface area contributed by atoms with Gasteiger partial charge in [0.1, 0.15) is 18.2 Å². The van der Waals surface area contributed by atoms with Crippen LogP contribution in [0.2, 0.25) is 10.0 Å². The molecular weight excluding hydrogens is 367 g/mol. The summed E-state index contributed by atoms with van der Waals surface area (Å²) in [6.07, 6.45) is 1.58. The van der Waals surface area contributed by atoms with Crippen LogP contribution in [0, 0.1) is 0 Å². The van der Waals surface area contributed by atoms with E-state index in [0.717, 1.165) is 18.7 Å². The first-order valence-corrected chi connectivity index (χ1v) is 8.59. The minimum atomic E-state index is -0.191. The number of benzene rings is 1. The molecule has 1 heterocycles. The number of aliphatic hydroxyl groups excluding tert-OH is 1. The van der Waals surface area contributed by atoms with E-state index in [1.165, 1.54) is 0 Å². The van der Waals surface area contributed by atoms with Gasteiger partial charge in [0.2, 0.25) is 0 Å². The average Bonchev–Trinajstić information content (AvgIpc) is 2.92. The number of nitrogens with zero attached hydrogens (tertiary/aromatic N) is 3. The highest BCUT2D eigenvalue weighted by Crippen LogP contribution is 2.35. The third-order valence-corrected chi connectivity index (χ3v) is 5.01. The van der Waals surface area contributed by atoms with Crippen LogP contribution in [-0.4, -0.2) is 38.4 Å². The second-order valence-electron chi connectivity index (χ2n) is 5.99. The summed E-state index contributed by atoms with van der Waals surface area (Å²) in [4.78, 5) is 12.0. The molecule has 1 aliphatic rings. The van der Waals surface area contributed by atoms with Crippen LogP contribution in [0.5, 0.6) is 5.75 Å². The lowest BCUT2D eigenvalue weighted by molar-refractivity contribution is -0.124. The summed E-state index contributed by atoms with van der Waals surface area (Å²) >= 11 is 11.7. The SMILES string of the molecule is Cn1c(CO)nnc1C1CC(NC(=O)COc2ccc(Cl)c(Cl)c2)C1. The average molecular weight is 385 g/mol. The Kier molecular flexibility index (Phi) is 5.46. The monoisotopic (exact) mass is 384 g/mol. The first-order valence-electron chi connectivity index (χ1n) is 7.84. The molecular formula is C16H18Cl2N4O3. The summed E-state index contributed by atoms with van der Waals surface area (Å²) in [5, 5.41) is 20.9. The maximum absolute atomic E-state index is 12.0. The van der Waals surface area contributed by atoms with Gasteiger partial charge in [-0.05, 0) is 25.0 Å². The van der Waals surface area contributed by atoms with E-state index in [2.05, 4.69) is 15.5 Å². The standard InChI is InChI=1S/C16H18Cl2N4O3/c1-22-14(7-23)20-21-16(22)9-4-10(5-9)19-15(24)8-25-11-2-3-12(17)13(18)6-11/h2-3,6,9-10,23H,4-5,7-8H2,1H3,(H,19,24). The van der Waals surface area contributed by atoms with E-state index in [0.29, 0.717) is 21.6 Å². The van der Waals surface area contributed by atoms with Crippen LogP contribution in [0.3, 0.4) is 0 Å². The van der Waals surface area contributed by atoms with Gasteiger partial charge < -0.3 is 19.7 Å². The Bertz CT molecular complexity index is 775. The van der Waals surface area contributed by atoms with Crippen molar-refractivity contribution in [3.63, 3.8) is 0 Å². The largest absolute Gasteiger partial charge is 0.484 e. The van der Waals surface area contributed by atoms with Gasteiger partial charge in [-0.25, -0.2) is 0 Å². The zero-order valence-electron chi connectivity index (χ0n) is 13.6. The molecule has 134 valence electrons. The van der Waals surface area contributed by atoms with Crippen molar-refractivity contribution in [1.29, 1.82) is 0 Å². The van der Waals surface area contributed by atoms with Crippen molar-refractivity contribution in [2.24, 2.45) is 7.05 Å². The highest BCUT2D eigenvalue weighted by Gasteiger charge is 2.34. The van der Waals surface area contributed by atoms with Crippen LogP contribution < -0.4 is 10.1 Å². The normalized spacial score (nSPS) is 19.4. The van der Waals surface area contributed by atoms with Gasteiger partial charge in [0.25, 0.3) is 5.91 Å². The molecule has 0 radical (unpaired) electrons. The number of hydrogen-bond donors (Lipinski definition) is 2. The summed E-state index contributed by atoms with van der Waals surface area (Å²) < 4.78 is 7.21. The second kappa shape index (κ2) is 7.59. The molecule has 9 heteroatoms. The Morgan fingerprint density at radius 3 is 2.76 bits per heavy atom. The lowest BCUT2D eigenvalue weighted by Gasteiger charge is -2.35. The van der Waals surface area contributed by atoms with E-state index in [4.69, 9.17) is 33.0 Å². The van der Waals surface area contributed by atoms with Gasteiger partial charge in [-0.3, -0.25) is 4.79 Å². The van der Waals surface area contributed by atoms with Gasteiger partial charge in [0, 0.05) is 25.1 Å². The first kappa shape index (κ1) is 18.0. The van der Waals surface area contributed by atoms with E-state index in [1.54, 1.807) is 22.8 Å². The molecule has 0 bridgehead atoms. The lowest BCUT2D eigenvalue weighted by Crippen LogP contribution is -2.45. The van der Waals surface area contributed by atoms with Crippen LogP contribution in [0.4, 0.5) is 0 Å². The fourth-order valence-electron chi connectivity index (χ4n) is 2.80. The molecule has 1 aliphatic carbocycles. The summed E-state index contributed by atoms with van der Waals surface area (Å²) in [5.74, 6) is 1.91. The van der Waals surface area contributed by atoms with E-state index in [9.17, 15) is 4.79 Å². The summed E-state index contributed by atoms with van der Waals surface area (Å²) in [6, 6.07) is 4.94. The van der Waals surface area contributed by atoms with Gasteiger partial charge in [-0.15, -0.1) is 10.2 Å². The molecule has 1 fully saturated rings. The van der Waals surface area contributed by atoms with E-state index in [1.807, 2.05) is 7.05 Å². The zero-order valence-corrected chi connectivity index (χ0v) is 15.1. The Morgan fingerprint density at radius 1 is 1.36 bits per heavy atom. The van der Waals surface area contributed by atoms with Crippen LogP contribution in [-0.2, 0) is 18.4 Å². The summed E-state index contributed by atoms with van der Waals surface area (Å²) in [5.41, 5.74) is 0. The van der Waals surface area contributed by atoms with Crippen molar-refractivity contribution >= 4 is 29.1 Å². The van der Waals surface area contributed by atoms with Gasteiger partial charge >= 0.3 is 0 Å². The number of halogens is 2. The molecule has 1 saturated carbocycles. The minimum absolute atomic E-state index is 0.0856. The fourth-order valence-corrected chi connectivity index (χ4v) is 3.09. The van der Waals surface area contributed by atoms with Crippen molar-refractivity contribution in [1.82, 2.24) is 20.1 Å². The number of aliphatic hydroxyl groups is 1. The topological polar surface area (TPSA) is 89.3 Å². The van der Waals surface area contributed by atoms with Crippen molar-refractivity contribution in [2.75, 3.05) is 6.61 Å². The van der Waals surface area contributed by atoms with Gasteiger partial charge in [-0.1, -0.05) is 23.2 Å². The predicted molar refractivity (Wildman–Crippen MR) is 92.8 cm³/mol. The highest BCUT2D eigenvalue weighted by atomic mass is 35.5. The summed E-state index contributed by atoms with van der Waals surface area (Å²) in [6.45, 7) is -0.222. The lowest BCUT2D eigenvalue weighted by atomic mass is 9.79. The molecule has 1 aromatic heterocycles. The molecule has 3 rings (SSSR count). The Labute approximate surface area is 154 Å². The third kappa shape index (κ3) is 4.05. The van der Waals surface area contributed by atoms with Crippen LogP contribution in [0.25, 0.3) is 0 Å². The van der Waals surface area contributed by atoms with Crippen molar-refractivity contribution < 1.29 is 14.6 Å². The summed E-state index contributed by atoms with van der Waals surface area (Å²) in [7, 11) is 1.83. The third-order valence-electron chi connectivity index (χ3n) is 4.27. The minimum Gasteiger partial charge on any atom is -0.484 e. The highest BCUT2D eigenvalue weighted by molar-refractivity contribution is 6.42. The smallest absolute Gasteiger partial charge is 0.258 e. The molecule has 1 aromatic carbocycles. The molecule has 0 aliphatic heterocycles. The molecule has 1 amide bonds. The number of nitrogens with one attached hydrogen (secondary N) is 1. The van der Waals surface area contributed by atoms with Crippen LogP contribution >= 0.6 is 23.2 Å². The predicted octanol–water partition coefficient (Wildman–Crippen LogP) is 2.06. The number of rotatable bonds is 6. The molecule has 0 spiro atoms. The van der Waals surface area contributed by atoms with Crippen molar-refractivity contribution in [3.05, 3.63) is 39.9 Å². The number of carbonyl (C=O) groups excluding carboxylic acids is 1. The molecule has 2 aromatic rings. The number of amides is 1.